The van der Waals surface area contributed by atoms with Gasteiger partial charge in [-0.2, -0.15) is 6.08 Å². The summed E-state index contributed by atoms with van der Waals surface area (Å²) in [5.41, 5.74) is 0. The number of benzene rings is 2. The summed E-state index contributed by atoms with van der Waals surface area (Å²) < 4.78 is 0. The number of fused-ring (bicyclic) bond motifs is 3. The zero-order chi connectivity index (χ0) is 20.3. The second-order valence-corrected chi connectivity index (χ2v) is 6.40. The van der Waals surface area contributed by atoms with Gasteiger partial charge in [0, 0.05) is 9.52 Å². The average molecular weight is 470 g/mol. The monoisotopic (exact) mass is 468 g/mol. The molecule has 0 unspecified atom stereocenters. The Bertz CT molecular complexity index is 713. The molecule has 0 fully saturated rings. The van der Waals surface area contributed by atoms with E-state index in [0.717, 1.165) is 15.9 Å². The molecule has 3 aromatic carbocycles. The average Bonchev–Trinajstić information content (AvgIpc) is 3.35. The molecule has 1 aliphatic rings. The SMILES string of the molecule is CC[O-].CC[O-].C[Si]C.[C-]1=CC=CC1.[Zr+4].c1ccc2c(c1)[cH-]c1ccccc12. The molecule has 4 heteroatoms. The molecular weight excluding hydrogens is 440 g/mol. The molecule has 146 valence electrons. The van der Waals surface area contributed by atoms with Gasteiger partial charge < -0.3 is 10.2 Å². The summed E-state index contributed by atoms with van der Waals surface area (Å²) in [6.07, 6.45) is 10.0. The third kappa shape index (κ3) is 12.3. The van der Waals surface area contributed by atoms with E-state index in [1.54, 1.807) is 13.8 Å². The summed E-state index contributed by atoms with van der Waals surface area (Å²) >= 11 is 0. The molecule has 2 nitrogen and oxygen atoms in total. The standard InChI is InChI=1S/C13H9.C5H5.2C2H5O.C2H6Si.Zr/c1-3-7-12-10(5-1)9-11-6-2-4-8-13(11)12;1-2-4-5-3-1;2*1-2-3;1-3-2;/h1-9H;1-3H,4H2;2*2H2,1H3;1-2H3;/q4*-1;;+4. The quantitative estimate of drug-likeness (QED) is 0.358. The molecule has 0 saturated carbocycles. The predicted molar refractivity (Wildman–Crippen MR) is 117 cm³/mol. The Morgan fingerprint density at radius 2 is 1.29 bits per heavy atom. The number of hydrogen-bond acceptors (Lipinski definition) is 2. The molecule has 0 amide bonds. The smallest absolute Gasteiger partial charge is 0.855 e. The third-order valence-electron chi connectivity index (χ3n) is 3.11. The van der Waals surface area contributed by atoms with E-state index in [1.807, 2.05) is 12.2 Å². The van der Waals surface area contributed by atoms with E-state index in [1.165, 1.54) is 21.5 Å². The normalized spacial score (nSPS) is 10.2. The Morgan fingerprint density at radius 3 is 1.57 bits per heavy atom. The Labute approximate surface area is 192 Å². The summed E-state index contributed by atoms with van der Waals surface area (Å²) in [5.74, 6) is 0. The minimum atomic E-state index is 0. The number of allylic oxidation sites excluding steroid dienone is 4. The molecule has 0 atom stereocenters. The van der Waals surface area contributed by atoms with Gasteiger partial charge >= 0.3 is 26.2 Å². The molecule has 4 rings (SSSR count). The van der Waals surface area contributed by atoms with E-state index in [0.29, 0.717) is 0 Å². The molecule has 0 aliphatic heterocycles. The van der Waals surface area contributed by atoms with Gasteiger partial charge in [-0.05, 0) is 0 Å². The van der Waals surface area contributed by atoms with E-state index >= 15 is 0 Å². The molecule has 1 aliphatic carbocycles. The van der Waals surface area contributed by atoms with Crippen molar-refractivity contribution in [2.24, 2.45) is 0 Å². The van der Waals surface area contributed by atoms with Gasteiger partial charge in [-0.15, -0.1) is 59.4 Å². The van der Waals surface area contributed by atoms with Crippen LogP contribution in [0.1, 0.15) is 20.3 Å². The zero-order valence-electron chi connectivity index (χ0n) is 17.4. The first kappa shape index (κ1) is 29.0. The maximum atomic E-state index is 8.93. The third-order valence-corrected chi connectivity index (χ3v) is 3.11. The second kappa shape index (κ2) is 20.5. The van der Waals surface area contributed by atoms with Crippen molar-refractivity contribution in [2.45, 2.75) is 33.4 Å². The van der Waals surface area contributed by atoms with Gasteiger partial charge in [0.1, 0.15) is 0 Å². The summed E-state index contributed by atoms with van der Waals surface area (Å²) in [6, 6.07) is 19.3. The molecule has 0 heterocycles. The molecule has 2 radical (unpaired) electrons. The molecule has 0 saturated heterocycles. The van der Waals surface area contributed by atoms with E-state index in [9.17, 15) is 0 Å². The molecule has 28 heavy (non-hydrogen) atoms. The molecule has 0 N–H and O–H groups in total. The van der Waals surface area contributed by atoms with Gasteiger partial charge in [0.15, 0.2) is 0 Å². The van der Waals surface area contributed by atoms with Crippen LogP contribution in [0.3, 0.4) is 0 Å². The van der Waals surface area contributed by atoms with Gasteiger partial charge in [0.25, 0.3) is 0 Å². The van der Waals surface area contributed by atoms with Crippen LogP contribution in [-0.4, -0.2) is 22.7 Å². The van der Waals surface area contributed by atoms with Crippen molar-refractivity contribution in [3.05, 3.63) is 78.9 Å². The maximum absolute atomic E-state index is 8.93. The zero-order valence-corrected chi connectivity index (χ0v) is 20.8. The summed E-state index contributed by atoms with van der Waals surface area (Å²) in [6.45, 7) is 7.44. The van der Waals surface area contributed by atoms with Crippen molar-refractivity contribution in [1.82, 2.24) is 0 Å². The van der Waals surface area contributed by atoms with Crippen LogP contribution < -0.4 is 10.2 Å². The summed E-state index contributed by atoms with van der Waals surface area (Å²) in [4.78, 5) is 0. The van der Waals surface area contributed by atoms with Crippen LogP contribution in [0.25, 0.3) is 21.5 Å². The Morgan fingerprint density at radius 1 is 0.893 bits per heavy atom. The van der Waals surface area contributed by atoms with E-state index in [4.69, 9.17) is 10.2 Å². The first-order chi connectivity index (χ1) is 13.2. The molecule has 0 aromatic heterocycles. The summed E-state index contributed by atoms with van der Waals surface area (Å²) in [7, 11) is 1.08. The van der Waals surface area contributed by atoms with Gasteiger partial charge in [-0.25, -0.2) is 12.2 Å². The minimum absolute atomic E-state index is 0. The van der Waals surface area contributed by atoms with Crippen molar-refractivity contribution < 1.29 is 36.4 Å². The maximum Gasteiger partial charge on any atom is 4.00 e. The largest absolute Gasteiger partial charge is 4.00 e. The van der Waals surface area contributed by atoms with E-state index < -0.39 is 0 Å². The molecule has 0 spiro atoms. The molecule has 3 aromatic rings. The fourth-order valence-corrected chi connectivity index (χ4v) is 2.24. The Balaban J connectivity index is 0. The van der Waals surface area contributed by atoms with Crippen LogP contribution in [0.2, 0.25) is 13.1 Å². The number of hydrogen-bond donors (Lipinski definition) is 0. The van der Waals surface area contributed by atoms with E-state index in [2.05, 4.69) is 79.8 Å². The minimum Gasteiger partial charge on any atom is -0.855 e. The number of rotatable bonds is 0. The van der Waals surface area contributed by atoms with Gasteiger partial charge in [0.05, 0.1) is 0 Å². The first-order valence-corrected chi connectivity index (χ1v) is 11.2. The predicted octanol–water partition coefficient (Wildman–Crippen LogP) is 4.54. The van der Waals surface area contributed by atoms with Crippen molar-refractivity contribution in [3.8, 4) is 0 Å². The Kier molecular flexibility index (Phi) is 21.3. The second-order valence-electron chi connectivity index (χ2n) is 5.40. The van der Waals surface area contributed by atoms with Crippen LogP contribution in [0.15, 0.2) is 72.8 Å². The van der Waals surface area contributed by atoms with Crippen molar-refractivity contribution in [3.63, 3.8) is 0 Å². The topological polar surface area (TPSA) is 46.1 Å². The van der Waals surface area contributed by atoms with Crippen molar-refractivity contribution >= 4 is 31.1 Å². The molecule has 0 bridgehead atoms. The van der Waals surface area contributed by atoms with Crippen LogP contribution in [0.5, 0.6) is 0 Å². The summed E-state index contributed by atoms with van der Waals surface area (Å²) in [5, 5.41) is 23.3. The van der Waals surface area contributed by atoms with E-state index in [-0.39, 0.29) is 39.4 Å². The van der Waals surface area contributed by atoms with Crippen LogP contribution in [-0.2, 0) is 26.2 Å². The van der Waals surface area contributed by atoms with Gasteiger partial charge in [-0.3, -0.25) is 6.08 Å². The van der Waals surface area contributed by atoms with Crippen molar-refractivity contribution in [1.29, 1.82) is 0 Å². The fraction of sp³-hybridized carbons (Fsp3) is 0.292. The fourth-order valence-electron chi connectivity index (χ4n) is 2.24. The van der Waals surface area contributed by atoms with Gasteiger partial charge in [0.2, 0.25) is 0 Å². The van der Waals surface area contributed by atoms with Crippen LogP contribution in [0.4, 0.5) is 0 Å². The Hall–Kier alpha value is -1.19. The first-order valence-electron chi connectivity index (χ1n) is 9.19. The van der Waals surface area contributed by atoms with Gasteiger partial charge in [-0.1, -0.05) is 63.3 Å². The van der Waals surface area contributed by atoms with Crippen molar-refractivity contribution in [2.75, 3.05) is 13.2 Å². The van der Waals surface area contributed by atoms with Crippen LogP contribution in [0, 0.1) is 6.08 Å². The van der Waals surface area contributed by atoms with Crippen LogP contribution >= 0.6 is 0 Å². The molecular formula is C24H30O2SiZr.